The van der Waals surface area contributed by atoms with Gasteiger partial charge in [-0.2, -0.15) is 0 Å². The number of anilines is 3. The van der Waals surface area contributed by atoms with E-state index in [0.29, 0.717) is 66.3 Å². The van der Waals surface area contributed by atoms with Gasteiger partial charge < -0.3 is 36.0 Å². The average molecular weight is 1220 g/mol. The Morgan fingerprint density at radius 2 is 0.977 bits per heavy atom. The Bertz CT molecular complexity index is 4720. The molecule has 88 heavy (non-hydrogen) atoms. The second-order valence-electron chi connectivity index (χ2n) is 20.1. The van der Waals surface area contributed by atoms with Gasteiger partial charge in [0.15, 0.2) is 51.7 Å². The minimum Gasteiger partial charge on any atom is -0.508 e. The van der Waals surface area contributed by atoms with E-state index in [4.69, 9.17) is 15.0 Å². The molecule has 0 aliphatic rings. The number of phenolic OH excluding ortho intramolecular Hbond substituents is 3. The van der Waals surface area contributed by atoms with Crippen LogP contribution < -0.4 is 31.0 Å². The molecule has 0 saturated carbocycles. The van der Waals surface area contributed by atoms with Crippen molar-refractivity contribution < 1.29 is 41.7 Å². The van der Waals surface area contributed by atoms with Gasteiger partial charge in [-0.05, 0) is 121 Å². The molecule has 0 spiro atoms. The van der Waals surface area contributed by atoms with Gasteiger partial charge in [0.1, 0.15) is 11.5 Å². The van der Waals surface area contributed by atoms with Crippen molar-refractivity contribution in [3.63, 3.8) is 0 Å². The predicted molar refractivity (Wildman–Crippen MR) is 335 cm³/mol. The maximum absolute atomic E-state index is 11.7. The van der Waals surface area contributed by atoms with Crippen molar-refractivity contribution in [1.82, 2.24) is 43.1 Å². The first kappa shape index (κ1) is 60.4. The molecule has 12 rings (SSSR count). The summed E-state index contributed by atoms with van der Waals surface area (Å²) in [5, 5.41) is 49.4. The summed E-state index contributed by atoms with van der Waals surface area (Å²) in [5.41, 5.74) is 12.3. The summed E-state index contributed by atoms with van der Waals surface area (Å²) >= 11 is 0. The fraction of sp³-hybridized carbons (Fsp3) is 0.127. The van der Waals surface area contributed by atoms with Crippen LogP contribution in [0.25, 0.3) is 50.7 Å². The van der Waals surface area contributed by atoms with Gasteiger partial charge in [0.25, 0.3) is 0 Å². The zero-order chi connectivity index (χ0) is 62.3. The van der Waals surface area contributed by atoms with Crippen LogP contribution in [0.5, 0.6) is 23.0 Å². The second-order valence-corrected chi connectivity index (χ2v) is 23.3. The number of imidazole rings is 3. The third-order valence-electron chi connectivity index (χ3n) is 14.2. The molecule has 0 unspecified atom stereocenters. The first-order chi connectivity index (χ1) is 42.3. The summed E-state index contributed by atoms with van der Waals surface area (Å²) in [7, 11) is -5.99. The number of methoxy groups -OCH3 is 1. The van der Waals surface area contributed by atoms with E-state index in [1.165, 1.54) is 31.4 Å². The number of nitrogens with zero attached hydrogens (tertiary/aromatic N) is 9. The average Bonchev–Trinajstić information content (AvgIpc) is 2.46. The topological polar surface area (TPSA) is 334 Å². The molecule has 0 atom stereocenters. The fourth-order valence-electron chi connectivity index (χ4n) is 9.54. The molecule has 23 nitrogen and oxygen atoms in total. The number of carbonyl (C=O) groups is 1. The number of carbonyl (C=O) groups excluding carboxylic acids is 1. The van der Waals surface area contributed by atoms with Crippen LogP contribution >= 0.6 is 0 Å². The van der Waals surface area contributed by atoms with Crippen molar-refractivity contribution in [2.75, 3.05) is 23.1 Å². The molecule has 0 fully saturated rings. The van der Waals surface area contributed by atoms with Gasteiger partial charge in [-0.15, -0.1) is 0 Å². The minimum atomic E-state index is -3.77. The number of nitrogens with one attached hydrogen (secondary N) is 3. The molecular weight excluding hydrogens is 1160 g/mol. The number of aromatic hydroxyl groups is 3. The number of aromatic nitrogens is 9. The maximum atomic E-state index is 11.7. The van der Waals surface area contributed by atoms with Gasteiger partial charge in [-0.3, -0.25) is 18.0 Å². The second kappa shape index (κ2) is 25.9. The highest BCUT2D eigenvalue weighted by atomic mass is 32.2. The third-order valence-corrected chi connectivity index (χ3v) is 16.0. The lowest BCUT2D eigenvalue weighted by Gasteiger charge is -2.10. The zero-order valence-corrected chi connectivity index (χ0v) is 49.6. The molecule has 448 valence electrons. The first-order valence-corrected chi connectivity index (χ1v) is 30.4. The van der Waals surface area contributed by atoms with E-state index >= 15 is 0 Å². The standard InChI is InChI=1S/C22H20N4O2.C21H21N5O3S.C20H19N5O4S/c1-2-20(28)17-5-3-15(4-6-17)13-24-21-22-25-14-19(26(22)12-11-23-21)16-7-9-18(27)10-8-16;1-13-9-16(10-14(2)19(13)27)18-12-25-21-20(23-7-8-26(18)21)24-11-15-3-5-17(6-4-15)30(22,28)29;1-29-18-10-14(5-6-17(18)26)16-12-24-20-19(22-7-8-25(16)20)23-11-13-3-2-4-15(9-13)30(21,27)28/h3-12,14,27H,2,13H2,1H3,(H,23,24);3-10,12,27H,11H2,1-2H3,(H,23,24)(H2,22,28,29);2-10,12,26H,11H2,1H3,(H,22,23)(H2,21,27,28). The molecule has 0 amide bonds. The van der Waals surface area contributed by atoms with Crippen molar-refractivity contribution in [2.45, 2.75) is 56.6 Å². The number of fused-ring (bicyclic) bond motifs is 3. The summed E-state index contributed by atoms with van der Waals surface area (Å²) in [6.45, 7) is 6.95. The van der Waals surface area contributed by atoms with Crippen LogP contribution in [-0.2, 0) is 39.7 Å². The van der Waals surface area contributed by atoms with Crippen molar-refractivity contribution in [2.24, 2.45) is 10.3 Å². The van der Waals surface area contributed by atoms with E-state index in [9.17, 15) is 36.9 Å². The van der Waals surface area contributed by atoms with E-state index < -0.39 is 20.0 Å². The number of benzene rings is 6. The van der Waals surface area contributed by atoms with Crippen molar-refractivity contribution in [3.8, 4) is 56.8 Å². The number of rotatable bonds is 17. The minimum absolute atomic E-state index is 0.0531. The van der Waals surface area contributed by atoms with E-state index in [-0.39, 0.29) is 27.1 Å². The normalized spacial score (nSPS) is 11.4. The van der Waals surface area contributed by atoms with Crippen LogP contribution in [0.4, 0.5) is 17.5 Å². The first-order valence-electron chi connectivity index (χ1n) is 27.3. The van der Waals surface area contributed by atoms with Gasteiger partial charge in [0, 0.05) is 85.5 Å². The Morgan fingerprint density at radius 3 is 1.45 bits per heavy atom. The number of hydrogen-bond acceptors (Lipinski definition) is 18. The smallest absolute Gasteiger partial charge is 0.238 e. The van der Waals surface area contributed by atoms with Gasteiger partial charge in [-0.25, -0.2) is 57.0 Å². The van der Waals surface area contributed by atoms with E-state index in [0.717, 1.165) is 72.8 Å². The SMILES string of the molecule is CCC(=O)c1ccc(CNc2nccn3c(-c4ccc(O)cc4)cnc23)cc1.COc1cc(-c2cnc3c(NCc4cccc(S(N)(=O)=O)c4)nccn23)ccc1O.Cc1cc(-c2cnc3c(NCc4ccc(S(N)(=O)=O)cc4)nccn23)cc(C)c1O. The number of Topliss-reactive ketones (excluding diaryl/α,β-unsaturated/α-hetero) is 1. The summed E-state index contributed by atoms with van der Waals surface area (Å²) in [6, 6.07) is 36.3. The molecule has 25 heteroatoms. The Balaban J connectivity index is 0.000000146. The lowest BCUT2D eigenvalue weighted by molar-refractivity contribution is 0.0988. The molecule has 6 aromatic heterocycles. The van der Waals surface area contributed by atoms with Gasteiger partial charge in [0.05, 0.1) is 52.6 Å². The zero-order valence-electron chi connectivity index (χ0n) is 47.9. The largest absolute Gasteiger partial charge is 0.508 e. The summed E-state index contributed by atoms with van der Waals surface area (Å²) in [4.78, 5) is 38.5. The lowest BCUT2D eigenvalue weighted by Crippen LogP contribution is -2.12. The number of hydrogen-bond donors (Lipinski definition) is 8. The molecule has 0 aliphatic heterocycles. The summed E-state index contributed by atoms with van der Waals surface area (Å²) in [6.07, 6.45) is 16.3. The molecule has 0 aliphatic carbocycles. The summed E-state index contributed by atoms with van der Waals surface area (Å²) < 4.78 is 56.8. The van der Waals surface area contributed by atoms with Crippen LogP contribution in [-0.4, -0.2) is 88.2 Å². The number of nitrogens with two attached hydrogens (primary N) is 2. The number of sulfonamides is 2. The van der Waals surface area contributed by atoms with Crippen molar-refractivity contribution in [3.05, 3.63) is 217 Å². The van der Waals surface area contributed by atoms with E-state index in [1.54, 1.807) is 98.0 Å². The predicted octanol–water partition coefficient (Wildman–Crippen LogP) is 9.65. The highest BCUT2D eigenvalue weighted by Crippen LogP contribution is 2.34. The van der Waals surface area contributed by atoms with Gasteiger partial charge >= 0.3 is 0 Å². The number of ether oxygens (including phenoxy) is 1. The molecule has 0 saturated heterocycles. The highest BCUT2D eigenvalue weighted by Gasteiger charge is 2.17. The molecule has 6 aromatic carbocycles. The summed E-state index contributed by atoms with van der Waals surface area (Å²) in [5.74, 6) is 2.91. The quantitative estimate of drug-likeness (QED) is 0.0393. The molecule has 12 aromatic rings. The Morgan fingerprint density at radius 1 is 0.523 bits per heavy atom. The fourth-order valence-corrected chi connectivity index (χ4v) is 10.6. The van der Waals surface area contributed by atoms with Gasteiger partial charge in [-0.1, -0.05) is 55.5 Å². The number of phenols is 3. The molecule has 10 N–H and O–H groups in total. The van der Waals surface area contributed by atoms with Crippen LogP contribution in [0, 0.1) is 13.8 Å². The van der Waals surface area contributed by atoms with Crippen molar-refractivity contribution in [1.29, 1.82) is 0 Å². The molecule has 0 radical (unpaired) electrons. The van der Waals surface area contributed by atoms with E-state index in [2.05, 4.69) is 45.9 Å². The highest BCUT2D eigenvalue weighted by molar-refractivity contribution is 7.89. The number of ketones is 1. The van der Waals surface area contributed by atoms with Crippen LogP contribution in [0.2, 0.25) is 0 Å². The lowest BCUT2D eigenvalue weighted by atomic mass is 10.0. The number of primary sulfonamides is 2. The molecular formula is C63H60N14O9S2. The van der Waals surface area contributed by atoms with Crippen molar-refractivity contribution >= 4 is 60.2 Å². The Kier molecular flexibility index (Phi) is 17.7. The monoisotopic (exact) mass is 1220 g/mol. The van der Waals surface area contributed by atoms with Crippen LogP contribution in [0.3, 0.4) is 0 Å². The molecule has 6 heterocycles. The van der Waals surface area contributed by atoms with E-state index in [1.807, 2.05) is 94.9 Å². The third kappa shape index (κ3) is 13.7. The Hall–Kier alpha value is -10.7. The van der Waals surface area contributed by atoms with Gasteiger partial charge in [0.2, 0.25) is 20.0 Å². The maximum Gasteiger partial charge on any atom is 0.238 e. The molecule has 0 bridgehead atoms. The Labute approximate surface area is 505 Å². The number of aryl methyl sites for hydroxylation is 2. The van der Waals surface area contributed by atoms with Crippen LogP contribution in [0.1, 0.15) is 51.5 Å². The van der Waals surface area contributed by atoms with Crippen LogP contribution in [0.15, 0.2) is 193 Å².